The van der Waals surface area contributed by atoms with E-state index in [4.69, 9.17) is 19.5 Å². The largest absolute Gasteiger partial charge is 0.488 e. The molecule has 1 aliphatic heterocycles. The summed E-state index contributed by atoms with van der Waals surface area (Å²) in [6.45, 7) is 3.54. The first-order valence-electron chi connectivity index (χ1n) is 11.1. The number of anilines is 1. The van der Waals surface area contributed by atoms with Crippen molar-refractivity contribution in [2.24, 2.45) is 0 Å². The molecule has 1 aliphatic carbocycles. The van der Waals surface area contributed by atoms with Crippen molar-refractivity contribution >= 4 is 15.7 Å². The third-order valence-electron chi connectivity index (χ3n) is 6.37. The van der Waals surface area contributed by atoms with Crippen LogP contribution in [0, 0.1) is 4.78 Å². The van der Waals surface area contributed by atoms with Crippen LogP contribution in [-0.4, -0.2) is 33.0 Å². The van der Waals surface area contributed by atoms with Gasteiger partial charge in [-0.25, -0.2) is 19.0 Å². The van der Waals surface area contributed by atoms with Gasteiger partial charge in [0.15, 0.2) is 0 Å². The van der Waals surface area contributed by atoms with Crippen LogP contribution in [0.25, 0.3) is 11.3 Å². The van der Waals surface area contributed by atoms with Gasteiger partial charge in [0.2, 0.25) is 5.95 Å². The Balaban J connectivity index is 1.54. The summed E-state index contributed by atoms with van der Waals surface area (Å²) in [6.07, 6.45) is 5.59. The number of nitrogens with one attached hydrogen (secondary N) is 1. The molecular weight excluding hydrogens is 420 g/mol. The standard InChI is InChI=1S/C25H28N4O2S/c1-17-13-14-29(17)25-27-21-10-6-9-20(21)24(28-25)19-11-12-22(23(15-19)32(2,26)30)31-16-18-7-4-3-5-8-18/h3-5,7-8,11-12,15,17,26H,6,9-10,13-14,16H2,1-2H3/t17-,32?/m0/s1. The van der Waals surface area contributed by atoms with Crippen LogP contribution >= 0.6 is 0 Å². The molecule has 7 heteroatoms. The lowest BCUT2D eigenvalue weighted by molar-refractivity contribution is 0.298. The average Bonchev–Trinajstić information content (AvgIpc) is 3.25. The van der Waals surface area contributed by atoms with Gasteiger partial charge in [-0.1, -0.05) is 30.3 Å². The quantitative estimate of drug-likeness (QED) is 0.583. The number of aromatic nitrogens is 2. The second kappa shape index (κ2) is 8.20. The molecule has 0 amide bonds. The Morgan fingerprint density at radius 1 is 1.16 bits per heavy atom. The zero-order valence-corrected chi connectivity index (χ0v) is 19.3. The van der Waals surface area contributed by atoms with Gasteiger partial charge in [-0.2, -0.15) is 0 Å². The Morgan fingerprint density at radius 2 is 1.97 bits per heavy atom. The zero-order chi connectivity index (χ0) is 22.3. The van der Waals surface area contributed by atoms with Gasteiger partial charge < -0.3 is 9.64 Å². The molecule has 166 valence electrons. The average molecular weight is 449 g/mol. The summed E-state index contributed by atoms with van der Waals surface area (Å²) < 4.78 is 27.1. The van der Waals surface area contributed by atoms with Crippen molar-refractivity contribution in [2.45, 2.75) is 50.2 Å². The van der Waals surface area contributed by atoms with E-state index in [-0.39, 0.29) is 0 Å². The van der Waals surface area contributed by atoms with E-state index in [1.807, 2.05) is 48.5 Å². The first-order chi connectivity index (χ1) is 15.4. The molecular formula is C25H28N4O2S. The van der Waals surface area contributed by atoms with E-state index in [2.05, 4.69) is 11.8 Å². The fraction of sp³-hybridized carbons (Fsp3) is 0.360. The first kappa shape index (κ1) is 20.9. The van der Waals surface area contributed by atoms with Crippen molar-refractivity contribution in [3.63, 3.8) is 0 Å². The first-order valence-corrected chi connectivity index (χ1v) is 13.1. The van der Waals surface area contributed by atoms with Crippen LogP contribution in [0.1, 0.15) is 36.6 Å². The van der Waals surface area contributed by atoms with Crippen molar-refractivity contribution in [1.82, 2.24) is 9.97 Å². The molecule has 2 aromatic carbocycles. The predicted molar refractivity (Wildman–Crippen MR) is 127 cm³/mol. The maximum atomic E-state index is 12.9. The molecule has 5 rings (SSSR count). The zero-order valence-electron chi connectivity index (χ0n) is 18.5. The predicted octanol–water partition coefficient (Wildman–Crippen LogP) is 4.85. The molecule has 1 fully saturated rings. The molecule has 0 radical (unpaired) electrons. The normalized spacial score (nSPS) is 19.2. The van der Waals surface area contributed by atoms with E-state index >= 15 is 0 Å². The molecule has 1 unspecified atom stereocenters. The van der Waals surface area contributed by atoms with E-state index in [0.717, 1.165) is 60.7 Å². The van der Waals surface area contributed by atoms with Gasteiger partial charge in [-0.05, 0) is 56.4 Å². The van der Waals surface area contributed by atoms with Gasteiger partial charge in [0, 0.05) is 35.7 Å². The van der Waals surface area contributed by atoms with E-state index in [1.165, 1.54) is 11.8 Å². The molecule has 0 saturated carbocycles. The number of hydrogen-bond donors (Lipinski definition) is 1. The molecule has 2 aliphatic rings. The minimum Gasteiger partial charge on any atom is -0.488 e. The number of aryl methyl sites for hydroxylation is 1. The smallest absolute Gasteiger partial charge is 0.226 e. The Bertz CT molecular complexity index is 1260. The monoisotopic (exact) mass is 448 g/mol. The Kier molecular flexibility index (Phi) is 5.37. The highest BCUT2D eigenvalue weighted by Crippen LogP contribution is 2.36. The number of ether oxygens (including phenoxy) is 1. The van der Waals surface area contributed by atoms with Gasteiger partial charge in [0.05, 0.1) is 20.3 Å². The lowest BCUT2D eigenvalue weighted by Crippen LogP contribution is -2.46. The van der Waals surface area contributed by atoms with Crippen LogP contribution in [0.15, 0.2) is 53.4 Å². The number of fused-ring (bicyclic) bond motifs is 1. The SMILES string of the molecule is C[C@H]1CCN1c1nc2c(c(-c3ccc(OCc4ccccc4)c(S(C)(=N)=O)c3)n1)CCC2. The van der Waals surface area contributed by atoms with Crippen LogP contribution in [0.5, 0.6) is 5.75 Å². The lowest BCUT2D eigenvalue weighted by atomic mass is 10.0. The molecule has 1 aromatic heterocycles. The van der Waals surface area contributed by atoms with Crippen molar-refractivity contribution < 1.29 is 8.95 Å². The summed E-state index contributed by atoms with van der Waals surface area (Å²) in [5.74, 6) is 1.27. The van der Waals surface area contributed by atoms with Crippen molar-refractivity contribution in [3.8, 4) is 17.0 Å². The minimum absolute atomic E-state index is 0.364. The Morgan fingerprint density at radius 3 is 2.66 bits per heavy atom. The van der Waals surface area contributed by atoms with Crippen molar-refractivity contribution in [1.29, 1.82) is 4.78 Å². The fourth-order valence-electron chi connectivity index (χ4n) is 4.41. The van der Waals surface area contributed by atoms with Gasteiger partial charge in [0.1, 0.15) is 12.4 Å². The van der Waals surface area contributed by atoms with Gasteiger partial charge >= 0.3 is 0 Å². The molecule has 0 bridgehead atoms. The molecule has 2 heterocycles. The molecule has 2 atom stereocenters. The number of benzene rings is 2. The number of rotatable bonds is 6. The van der Waals surface area contributed by atoms with Gasteiger partial charge in [-0.3, -0.25) is 0 Å². The van der Waals surface area contributed by atoms with E-state index < -0.39 is 9.73 Å². The Labute approximate surface area is 189 Å². The topological polar surface area (TPSA) is 79.2 Å². The summed E-state index contributed by atoms with van der Waals surface area (Å²) in [6, 6.07) is 15.9. The van der Waals surface area contributed by atoms with E-state index in [9.17, 15) is 4.21 Å². The highest BCUT2D eigenvalue weighted by atomic mass is 32.2. The summed E-state index contributed by atoms with van der Waals surface area (Å²) in [5.41, 5.74) is 5.11. The van der Waals surface area contributed by atoms with Gasteiger partial charge in [-0.15, -0.1) is 0 Å². The molecule has 6 nitrogen and oxygen atoms in total. The molecule has 3 aromatic rings. The molecule has 32 heavy (non-hydrogen) atoms. The molecule has 1 N–H and O–H groups in total. The van der Waals surface area contributed by atoms with Gasteiger partial charge in [0.25, 0.3) is 0 Å². The van der Waals surface area contributed by atoms with E-state index in [0.29, 0.717) is 23.3 Å². The second-order valence-corrected chi connectivity index (χ2v) is 10.9. The fourth-order valence-corrected chi connectivity index (χ4v) is 5.28. The number of nitrogens with zero attached hydrogens (tertiary/aromatic N) is 3. The summed E-state index contributed by atoms with van der Waals surface area (Å²) >= 11 is 0. The van der Waals surface area contributed by atoms with Crippen LogP contribution in [-0.2, 0) is 29.2 Å². The molecule has 1 saturated heterocycles. The van der Waals surface area contributed by atoms with Crippen LogP contribution in [0.2, 0.25) is 0 Å². The Hall–Kier alpha value is -2.93. The highest BCUT2D eigenvalue weighted by molar-refractivity contribution is 7.91. The van der Waals surface area contributed by atoms with Crippen molar-refractivity contribution in [2.75, 3.05) is 17.7 Å². The van der Waals surface area contributed by atoms with Crippen LogP contribution in [0.4, 0.5) is 5.95 Å². The maximum Gasteiger partial charge on any atom is 0.226 e. The summed E-state index contributed by atoms with van der Waals surface area (Å²) in [4.78, 5) is 12.5. The molecule has 0 spiro atoms. The van der Waals surface area contributed by atoms with Crippen LogP contribution < -0.4 is 9.64 Å². The summed E-state index contributed by atoms with van der Waals surface area (Å²) in [5, 5.41) is 0. The maximum absolute atomic E-state index is 12.9. The number of hydrogen-bond acceptors (Lipinski definition) is 6. The minimum atomic E-state index is -2.99. The third-order valence-corrected chi connectivity index (χ3v) is 7.53. The lowest BCUT2D eigenvalue weighted by Gasteiger charge is -2.39. The van der Waals surface area contributed by atoms with Crippen molar-refractivity contribution in [3.05, 3.63) is 65.4 Å². The van der Waals surface area contributed by atoms with Crippen LogP contribution in [0.3, 0.4) is 0 Å². The van der Waals surface area contributed by atoms with E-state index in [1.54, 1.807) is 0 Å². The third kappa shape index (κ3) is 3.97. The second-order valence-electron chi connectivity index (χ2n) is 8.76. The highest BCUT2D eigenvalue weighted by Gasteiger charge is 2.29. The summed E-state index contributed by atoms with van der Waals surface area (Å²) in [7, 11) is -2.99.